The molecule has 0 spiro atoms. The van der Waals surface area contributed by atoms with E-state index in [-0.39, 0.29) is 17.3 Å². The zero-order valence-corrected chi connectivity index (χ0v) is 15.4. The Kier molecular flexibility index (Phi) is 5.14. The summed E-state index contributed by atoms with van der Waals surface area (Å²) >= 11 is 5.98. The first-order valence-corrected chi connectivity index (χ1v) is 8.87. The van der Waals surface area contributed by atoms with E-state index in [1.54, 1.807) is 48.5 Å². The van der Waals surface area contributed by atoms with Gasteiger partial charge in [-0.15, -0.1) is 0 Å². The maximum atomic E-state index is 12.7. The van der Waals surface area contributed by atoms with Gasteiger partial charge < -0.3 is 10.0 Å². The largest absolute Gasteiger partial charge is 0.507 e. The molecule has 2 aromatic carbocycles. The van der Waals surface area contributed by atoms with Crippen molar-refractivity contribution < 1.29 is 14.7 Å². The minimum Gasteiger partial charge on any atom is -0.507 e. The smallest absolute Gasteiger partial charge is 0.295 e. The van der Waals surface area contributed by atoms with Gasteiger partial charge >= 0.3 is 0 Å². The number of benzene rings is 2. The van der Waals surface area contributed by atoms with Crippen LogP contribution in [0.3, 0.4) is 0 Å². The number of ketones is 1. The third kappa shape index (κ3) is 3.37. The van der Waals surface area contributed by atoms with Crippen molar-refractivity contribution in [2.75, 3.05) is 6.54 Å². The van der Waals surface area contributed by atoms with Crippen LogP contribution in [-0.4, -0.2) is 28.2 Å². The minimum atomic E-state index is -0.660. The molecule has 0 bridgehead atoms. The highest BCUT2D eigenvalue weighted by molar-refractivity contribution is 6.46. The highest BCUT2D eigenvalue weighted by Gasteiger charge is 2.46. The van der Waals surface area contributed by atoms with Gasteiger partial charge in [-0.2, -0.15) is 0 Å². The Hall–Kier alpha value is -2.59. The van der Waals surface area contributed by atoms with Crippen molar-refractivity contribution in [3.05, 3.63) is 76.3 Å². The van der Waals surface area contributed by atoms with Gasteiger partial charge in [0, 0.05) is 17.1 Å². The summed E-state index contributed by atoms with van der Waals surface area (Å²) in [6.07, 6.45) is 0. The fraction of sp³-hybridized carbons (Fsp3) is 0.238. The molecular weight excluding hydrogens is 350 g/mol. The third-order valence-electron chi connectivity index (χ3n) is 4.33. The van der Waals surface area contributed by atoms with Crippen LogP contribution in [-0.2, 0) is 9.59 Å². The van der Waals surface area contributed by atoms with Gasteiger partial charge in [-0.05, 0) is 23.6 Å². The number of carbonyl (C=O) groups excluding carboxylic acids is 2. The number of carbonyl (C=O) groups is 2. The Balaban J connectivity index is 2.18. The Morgan fingerprint density at radius 2 is 1.69 bits per heavy atom. The van der Waals surface area contributed by atoms with Gasteiger partial charge in [-0.1, -0.05) is 67.9 Å². The van der Waals surface area contributed by atoms with Crippen LogP contribution in [0.1, 0.15) is 31.0 Å². The molecule has 1 heterocycles. The minimum absolute atomic E-state index is 0.115. The number of hydrogen-bond acceptors (Lipinski definition) is 3. The van der Waals surface area contributed by atoms with Crippen LogP contribution >= 0.6 is 11.6 Å². The first kappa shape index (κ1) is 18.2. The normalized spacial score (nSPS) is 19.4. The predicted molar refractivity (Wildman–Crippen MR) is 102 cm³/mol. The molecule has 2 aromatic rings. The molecule has 4 nitrogen and oxygen atoms in total. The lowest BCUT2D eigenvalue weighted by Gasteiger charge is -2.26. The highest BCUT2D eigenvalue weighted by Crippen LogP contribution is 2.39. The van der Waals surface area contributed by atoms with Crippen LogP contribution in [0.5, 0.6) is 0 Å². The Labute approximate surface area is 157 Å². The van der Waals surface area contributed by atoms with E-state index < -0.39 is 17.7 Å². The summed E-state index contributed by atoms with van der Waals surface area (Å²) in [6, 6.07) is 15.2. The van der Waals surface area contributed by atoms with Crippen LogP contribution in [0, 0.1) is 5.92 Å². The molecule has 26 heavy (non-hydrogen) atoms. The predicted octanol–water partition coefficient (Wildman–Crippen LogP) is 4.42. The second-order valence-electron chi connectivity index (χ2n) is 6.76. The number of halogens is 1. The number of aliphatic hydroxyl groups is 1. The molecule has 1 amide bonds. The second-order valence-corrected chi connectivity index (χ2v) is 7.20. The first-order valence-electron chi connectivity index (χ1n) is 8.49. The molecule has 1 atom stereocenters. The van der Waals surface area contributed by atoms with Crippen LogP contribution in [0.4, 0.5) is 0 Å². The molecule has 1 aliphatic rings. The molecule has 0 radical (unpaired) electrons. The van der Waals surface area contributed by atoms with Gasteiger partial charge in [0.15, 0.2) is 0 Å². The summed E-state index contributed by atoms with van der Waals surface area (Å²) < 4.78 is 0. The maximum Gasteiger partial charge on any atom is 0.295 e. The number of hydrogen-bond donors (Lipinski definition) is 1. The standard InChI is InChI=1S/C21H20ClNO3/c1-13(2)12-23-18(14-8-10-16(22)11-9-14)17(20(25)21(23)26)19(24)15-6-4-3-5-7-15/h3-11,13,18,24H,12H2,1-2H3/b19-17-. The number of aliphatic hydroxyl groups excluding tert-OH is 1. The van der Waals surface area contributed by atoms with Crippen molar-refractivity contribution in [3.63, 3.8) is 0 Å². The molecule has 1 saturated heterocycles. The summed E-state index contributed by atoms with van der Waals surface area (Å²) in [5.74, 6) is -1.22. The number of Topliss-reactive ketones (excluding diaryl/α,β-unsaturated/α-hetero) is 1. The van der Waals surface area contributed by atoms with E-state index in [1.165, 1.54) is 4.90 Å². The highest BCUT2D eigenvalue weighted by atomic mass is 35.5. The van der Waals surface area contributed by atoms with E-state index >= 15 is 0 Å². The van der Waals surface area contributed by atoms with Gasteiger partial charge in [-0.25, -0.2) is 0 Å². The summed E-state index contributed by atoms with van der Waals surface area (Å²) in [5.41, 5.74) is 1.37. The molecule has 3 rings (SSSR count). The third-order valence-corrected chi connectivity index (χ3v) is 4.59. The van der Waals surface area contributed by atoms with E-state index in [4.69, 9.17) is 11.6 Å². The summed E-state index contributed by atoms with van der Waals surface area (Å²) in [7, 11) is 0. The molecule has 5 heteroatoms. The zero-order valence-electron chi connectivity index (χ0n) is 14.6. The van der Waals surface area contributed by atoms with Gasteiger partial charge in [0.2, 0.25) is 0 Å². The molecule has 134 valence electrons. The molecule has 0 saturated carbocycles. The van der Waals surface area contributed by atoms with Crippen molar-refractivity contribution in [1.82, 2.24) is 4.90 Å². The molecule has 1 aliphatic heterocycles. The molecule has 1 N–H and O–H groups in total. The Morgan fingerprint density at radius 1 is 1.08 bits per heavy atom. The zero-order chi connectivity index (χ0) is 18.8. The van der Waals surface area contributed by atoms with Crippen molar-refractivity contribution in [1.29, 1.82) is 0 Å². The van der Waals surface area contributed by atoms with Gasteiger partial charge in [-0.3, -0.25) is 9.59 Å². The van der Waals surface area contributed by atoms with Crippen molar-refractivity contribution >= 4 is 29.1 Å². The number of rotatable bonds is 4. The fourth-order valence-electron chi connectivity index (χ4n) is 3.20. The number of nitrogens with zero attached hydrogens (tertiary/aromatic N) is 1. The lowest BCUT2D eigenvalue weighted by atomic mass is 9.95. The fourth-order valence-corrected chi connectivity index (χ4v) is 3.33. The van der Waals surface area contributed by atoms with E-state index in [1.807, 2.05) is 19.9 Å². The Morgan fingerprint density at radius 3 is 2.27 bits per heavy atom. The van der Waals surface area contributed by atoms with Crippen molar-refractivity contribution in [2.24, 2.45) is 5.92 Å². The summed E-state index contributed by atoms with van der Waals surface area (Å²) in [4.78, 5) is 26.9. The molecule has 1 unspecified atom stereocenters. The lowest BCUT2D eigenvalue weighted by molar-refractivity contribution is -0.140. The van der Waals surface area contributed by atoms with Gasteiger partial charge in [0.05, 0.1) is 11.6 Å². The average Bonchev–Trinajstić information content (AvgIpc) is 2.87. The molecule has 0 aromatic heterocycles. The SMILES string of the molecule is CC(C)CN1C(=O)C(=O)/C(=C(\O)c2ccccc2)C1c1ccc(Cl)cc1. The first-order chi connectivity index (χ1) is 12.4. The van der Waals surface area contributed by atoms with Crippen LogP contribution in [0.2, 0.25) is 5.02 Å². The van der Waals surface area contributed by atoms with E-state index in [2.05, 4.69) is 0 Å². The van der Waals surface area contributed by atoms with E-state index in [9.17, 15) is 14.7 Å². The summed E-state index contributed by atoms with van der Waals surface area (Å²) in [5, 5.41) is 11.4. The quantitative estimate of drug-likeness (QED) is 0.493. The Bertz CT molecular complexity index is 857. The number of amides is 1. The van der Waals surface area contributed by atoms with E-state index in [0.29, 0.717) is 17.1 Å². The molecule has 1 fully saturated rings. The van der Waals surface area contributed by atoms with Gasteiger partial charge in [0.25, 0.3) is 11.7 Å². The van der Waals surface area contributed by atoms with Crippen LogP contribution in [0.25, 0.3) is 5.76 Å². The lowest BCUT2D eigenvalue weighted by Crippen LogP contribution is -2.33. The van der Waals surface area contributed by atoms with E-state index in [0.717, 1.165) is 5.56 Å². The topological polar surface area (TPSA) is 57.6 Å². The second kappa shape index (κ2) is 7.34. The summed E-state index contributed by atoms with van der Waals surface area (Å²) in [6.45, 7) is 4.38. The maximum absolute atomic E-state index is 12.7. The van der Waals surface area contributed by atoms with Crippen LogP contribution < -0.4 is 0 Å². The monoisotopic (exact) mass is 369 g/mol. The van der Waals surface area contributed by atoms with Crippen molar-refractivity contribution in [3.8, 4) is 0 Å². The number of likely N-dealkylation sites (tertiary alicyclic amines) is 1. The van der Waals surface area contributed by atoms with Crippen LogP contribution in [0.15, 0.2) is 60.2 Å². The molecular formula is C21H20ClNO3. The average molecular weight is 370 g/mol. The molecule has 0 aliphatic carbocycles. The van der Waals surface area contributed by atoms with Crippen molar-refractivity contribution in [2.45, 2.75) is 19.9 Å². The van der Waals surface area contributed by atoms with Gasteiger partial charge in [0.1, 0.15) is 5.76 Å².